The molecule has 0 atom stereocenters. The van der Waals surface area contributed by atoms with Crippen LogP contribution in [0.1, 0.15) is 5.56 Å². The summed E-state index contributed by atoms with van der Waals surface area (Å²) < 4.78 is 43.9. The zero-order valence-electron chi connectivity index (χ0n) is 10.9. The lowest BCUT2D eigenvalue weighted by Crippen LogP contribution is -2.12. The highest BCUT2D eigenvalue weighted by Gasteiger charge is 2.32. The van der Waals surface area contributed by atoms with Crippen LogP contribution in [0.5, 0.6) is 11.6 Å². The maximum Gasteiger partial charge on any atom is 0.416 e. The average Bonchev–Trinajstić information content (AvgIpc) is 2.46. The van der Waals surface area contributed by atoms with Gasteiger partial charge in [-0.15, -0.1) is 11.8 Å². The van der Waals surface area contributed by atoms with Crippen molar-refractivity contribution in [2.45, 2.75) is 11.1 Å². The number of nitrogen functional groups attached to an aromatic ring is 1. The molecule has 0 aliphatic heterocycles. The molecule has 3 N–H and O–H groups in total. The molecule has 0 aliphatic carbocycles. The predicted molar refractivity (Wildman–Crippen MR) is 75.3 cm³/mol. The van der Waals surface area contributed by atoms with E-state index in [9.17, 15) is 13.2 Å². The summed E-state index contributed by atoms with van der Waals surface area (Å²) in [6.07, 6.45) is -2.67. The lowest BCUT2D eigenvalue weighted by Gasteiger charge is -2.13. The first-order chi connectivity index (χ1) is 9.94. The molecule has 0 spiro atoms. The SMILES string of the molecule is CSc1ccccc1Oc1cc(C(F)(F)F)cc(NN)n1. The second kappa shape index (κ2) is 6.23. The molecule has 1 aromatic carbocycles. The number of aromatic nitrogens is 1. The lowest BCUT2D eigenvalue weighted by molar-refractivity contribution is -0.137. The molecule has 112 valence electrons. The van der Waals surface area contributed by atoms with Gasteiger partial charge >= 0.3 is 6.18 Å². The molecule has 0 fully saturated rings. The van der Waals surface area contributed by atoms with Crippen LogP contribution in [0, 0.1) is 0 Å². The molecular weight excluding hydrogens is 303 g/mol. The maximum atomic E-state index is 12.8. The summed E-state index contributed by atoms with van der Waals surface area (Å²) in [7, 11) is 0. The number of halogens is 3. The van der Waals surface area contributed by atoms with Crippen LogP contribution in [-0.2, 0) is 6.18 Å². The molecule has 0 aliphatic rings. The van der Waals surface area contributed by atoms with Gasteiger partial charge in [0.15, 0.2) is 0 Å². The number of pyridine rings is 1. The molecule has 1 heterocycles. The molecule has 0 saturated heterocycles. The molecule has 0 radical (unpaired) electrons. The number of hydrazine groups is 1. The molecule has 8 heteroatoms. The van der Waals surface area contributed by atoms with Crippen molar-refractivity contribution in [1.29, 1.82) is 0 Å². The van der Waals surface area contributed by atoms with Crippen LogP contribution >= 0.6 is 11.8 Å². The van der Waals surface area contributed by atoms with E-state index in [4.69, 9.17) is 10.6 Å². The Labute approximate surface area is 123 Å². The summed E-state index contributed by atoms with van der Waals surface area (Å²) in [5.41, 5.74) is 1.21. The summed E-state index contributed by atoms with van der Waals surface area (Å²) in [6.45, 7) is 0. The van der Waals surface area contributed by atoms with Gasteiger partial charge in [0.2, 0.25) is 5.88 Å². The minimum Gasteiger partial charge on any atom is -0.438 e. The second-order valence-corrected chi connectivity index (χ2v) is 4.82. The van der Waals surface area contributed by atoms with Gasteiger partial charge in [-0.1, -0.05) is 12.1 Å². The topological polar surface area (TPSA) is 60.2 Å². The van der Waals surface area contributed by atoms with Gasteiger partial charge in [-0.25, -0.2) is 5.84 Å². The summed E-state index contributed by atoms with van der Waals surface area (Å²) in [6, 6.07) is 8.64. The maximum absolute atomic E-state index is 12.8. The van der Waals surface area contributed by atoms with Gasteiger partial charge in [-0.05, 0) is 24.5 Å². The lowest BCUT2D eigenvalue weighted by atomic mass is 10.2. The number of nitrogens with zero attached hydrogens (tertiary/aromatic N) is 1. The Morgan fingerprint density at radius 2 is 1.95 bits per heavy atom. The standard InChI is InChI=1S/C13H12F3N3OS/c1-21-10-5-3-2-4-9(10)20-12-7-8(13(14,15)16)6-11(18-12)19-17/h2-7H,17H2,1H3,(H,18,19). The van der Waals surface area contributed by atoms with E-state index in [-0.39, 0.29) is 11.7 Å². The zero-order chi connectivity index (χ0) is 15.5. The van der Waals surface area contributed by atoms with Crippen LogP contribution in [0.3, 0.4) is 0 Å². The van der Waals surface area contributed by atoms with E-state index in [1.54, 1.807) is 18.2 Å². The van der Waals surface area contributed by atoms with Gasteiger partial charge in [-0.3, -0.25) is 0 Å². The molecule has 2 aromatic rings. The normalized spacial score (nSPS) is 11.3. The Morgan fingerprint density at radius 3 is 2.57 bits per heavy atom. The number of ether oxygens (including phenoxy) is 1. The number of hydrogen-bond acceptors (Lipinski definition) is 5. The molecule has 0 bridgehead atoms. The first-order valence-electron chi connectivity index (χ1n) is 5.81. The Kier molecular flexibility index (Phi) is 4.59. The van der Waals surface area contributed by atoms with Gasteiger partial charge in [0.1, 0.15) is 11.6 Å². The minimum atomic E-state index is -4.51. The molecular formula is C13H12F3N3OS. The van der Waals surface area contributed by atoms with Crippen LogP contribution in [0.15, 0.2) is 41.3 Å². The fraction of sp³-hybridized carbons (Fsp3) is 0.154. The van der Waals surface area contributed by atoms with Crippen molar-refractivity contribution < 1.29 is 17.9 Å². The zero-order valence-corrected chi connectivity index (χ0v) is 11.8. The van der Waals surface area contributed by atoms with Crippen LogP contribution < -0.4 is 16.0 Å². The van der Waals surface area contributed by atoms with E-state index in [2.05, 4.69) is 10.4 Å². The Balaban J connectivity index is 2.39. The van der Waals surface area contributed by atoms with Crippen molar-refractivity contribution in [2.24, 2.45) is 5.84 Å². The summed E-state index contributed by atoms with van der Waals surface area (Å²) in [4.78, 5) is 4.66. The monoisotopic (exact) mass is 315 g/mol. The van der Waals surface area contributed by atoms with Crippen molar-refractivity contribution in [2.75, 3.05) is 11.7 Å². The molecule has 2 rings (SSSR count). The largest absolute Gasteiger partial charge is 0.438 e. The smallest absolute Gasteiger partial charge is 0.416 e. The van der Waals surface area contributed by atoms with Gasteiger partial charge < -0.3 is 10.2 Å². The highest BCUT2D eigenvalue weighted by Crippen LogP contribution is 2.35. The number of hydrogen-bond donors (Lipinski definition) is 2. The Morgan fingerprint density at radius 1 is 1.24 bits per heavy atom. The molecule has 0 unspecified atom stereocenters. The molecule has 1 aromatic heterocycles. The number of benzene rings is 1. The summed E-state index contributed by atoms with van der Waals surface area (Å²) >= 11 is 1.42. The summed E-state index contributed by atoms with van der Waals surface area (Å²) in [5, 5.41) is 0. The Bertz CT molecular complexity index is 634. The van der Waals surface area contributed by atoms with Crippen molar-refractivity contribution in [3.63, 3.8) is 0 Å². The van der Waals surface area contributed by atoms with E-state index in [1.165, 1.54) is 11.8 Å². The van der Waals surface area contributed by atoms with E-state index < -0.39 is 11.7 Å². The van der Waals surface area contributed by atoms with Crippen LogP contribution in [0.4, 0.5) is 19.0 Å². The summed E-state index contributed by atoms with van der Waals surface area (Å²) in [5.74, 6) is 5.27. The van der Waals surface area contributed by atoms with Crippen molar-refractivity contribution >= 4 is 17.6 Å². The Hall–Kier alpha value is -1.93. The first kappa shape index (κ1) is 15.5. The highest BCUT2D eigenvalue weighted by atomic mass is 32.2. The van der Waals surface area contributed by atoms with Crippen molar-refractivity contribution in [1.82, 2.24) is 4.98 Å². The number of para-hydroxylation sites is 1. The van der Waals surface area contributed by atoms with Crippen molar-refractivity contribution in [3.8, 4) is 11.6 Å². The van der Waals surface area contributed by atoms with Crippen LogP contribution in [0.2, 0.25) is 0 Å². The fourth-order valence-corrected chi connectivity index (χ4v) is 2.14. The molecule has 21 heavy (non-hydrogen) atoms. The van der Waals surface area contributed by atoms with E-state index in [1.807, 2.05) is 12.3 Å². The number of rotatable bonds is 4. The van der Waals surface area contributed by atoms with Gasteiger partial charge in [-0.2, -0.15) is 18.2 Å². The number of thioether (sulfide) groups is 1. The minimum absolute atomic E-state index is 0.124. The van der Waals surface area contributed by atoms with Crippen molar-refractivity contribution in [3.05, 3.63) is 42.0 Å². The number of nitrogens with one attached hydrogen (secondary N) is 1. The van der Waals surface area contributed by atoms with Gasteiger partial charge in [0, 0.05) is 11.0 Å². The van der Waals surface area contributed by atoms with Crippen LogP contribution in [-0.4, -0.2) is 11.2 Å². The third-order valence-electron chi connectivity index (χ3n) is 2.56. The fourth-order valence-electron chi connectivity index (χ4n) is 1.61. The highest BCUT2D eigenvalue weighted by molar-refractivity contribution is 7.98. The average molecular weight is 315 g/mol. The third-order valence-corrected chi connectivity index (χ3v) is 3.34. The number of nitrogens with two attached hydrogens (primary N) is 1. The van der Waals surface area contributed by atoms with Gasteiger partial charge in [0.05, 0.1) is 5.56 Å². The quantitative estimate of drug-likeness (QED) is 0.509. The van der Waals surface area contributed by atoms with Crippen LogP contribution in [0.25, 0.3) is 0 Å². The molecule has 0 amide bonds. The predicted octanol–water partition coefficient (Wildman–Crippen LogP) is 3.90. The van der Waals surface area contributed by atoms with E-state index in [0.717, 1.165) is 17.0 Å². The number of alkyl halides is 3. The van der Waals surface area contributed by atoms with Gasteiger partial charge in [0.25, 0.3) is 0 Å². The van der Waals surface area contributed by atoms with E-state index in [0.29, 0.717) is 5.75 Å². The molecule has 0 saturated carbocycles. The van der Waals surface area contributed by atoms with E-state index >= 15 is 0 Å². The number of anilines is 1. The first-order valence-corrected chi connectivity index (χ1v) is 7.03. The second-order valence-electron chi connectivity index (χ2n) is 3.97. The third kappa shape index (κ3) is 3.79. The molecule has 4 nitrogen and oxygen atoms in total.